The lowest BCUT2D eigenvalue weighted by atomic mass is 9.79. The van der Waals surface area contributed by atoms with Crippen LogP contribution >= 0.6 is 0 Å². The van der Waals surface area contributed by atoms with Gasteiger partial charge in [-0.25, -0.2) is 0 Å². The van der Waals surface area contributed by atoms with Crippen LogP contribution < -0.4 is 0 Å². The summed E-state index contributed by atoms with van der Waals surface area (Å²) in [5, 5.41) is 0. The summed E-state index contributed by atoms with van der Waals surface area (Å²) in [6.45, 7) is 6.51. The van der Waals surface area contributed by atoms with E-state index in [-0.39, 0.29) is 12.0 Å². The van der Waals surface area contributed by atoms with Crippen LogP contribution in [0.5, 0.6) is 0 Å². The standard InChI is InChI=1S/C13H24O2/c1-4-11-5-7-12(8-6-11)13(14)9-15-10(2)3/h10-12H,4-9H2,1-3H3. The highest BCUT2D eigenvalue weighted by Gasteiger charge is 2.25. The van der Waals surface area contributed by atoms with Crippen molar-refractivity contribution in [1.82, 2.24) is 0 Å². The molecule has 15 heavy (non-hydrogen) atoms. The predicted molar refractivity (Wildman–Crippen MR) is 61.8 cm³/mol. The van der Waals surface area contributed by atoms with E-state index in [1.54, 1.807) is 0 Å². The molecule has 0 aromatic heterocycles. The van der Waals surface area contributed by atoms with Crippen molar-refractivity contribution in [2.75, 3.05) is 6.61 Å². The first kappa shape index (κ1) is 12.7. The molecule has 0 aromatic carbocycles. The number of ketones is 1. The molecular weight excluding hydrogens is 188 g/mol. The topological polar surface area (TPSA) is 26.3 Å². The van der Waals surface area contributed by atoms with E-state index in [4.69, 9.17) is 4.74 Å². The molecule has 0 saturated heterocycles. The Balaban J connectivity index is 2.24. The highest BCUT2D eigenvalue weighted by Crippen LogP contribution is 2.31. The van der Waals surface area contributed by atoms with Gasteiger partial charge in [0.15, 0.2) is 5.78 Å². The lowest BCUT2D eigenvalue weighted by Gasteiger charge is -2.26. The van der Waals surface area contributed by atoms with Crippen LogP contribution in [0.15, 0.2) is 0 Å². The quantitative estimate of drug-likeness (QED) is 0.699. The molecule has 1 rings (SSSR count). The summed E-state index contributed by atoms with van der Waals surface area (Å²) >= 11 is 0. The number of rotatable bonds is 5. The lowest BCUT2D eigenvalue weighted by molar-refractivity contribution is -0.130. The average Bonchev–Trinajstić information content (AvgIpc) is 2.26. The molecule has 0 bridgehead atoms. The molecule has 1 saturated carbocycles. The highest BCUT2D eigenvalue weighted by atomic mass is 16.5. The Hall–Kier alpha value is -0.370. The third kappa shape index (κ3) is 4.33. The Bertz CT molecular complexity index is 191. The Morgan fingerprint density at radius 2 is 1.87 bits per heavy atom. The zero-order valence-electron chi connectivity index (χ0n) is 10.3. The number of carbonyl (C=O) groups is 1. The van der Waals surface area contributed by atoms with E-state index in [1.807, 2.05) is 13.8 Å². The van der Waals surface area contributed by atoms with Gasteiger partial charge in [0.2, 0.25) is 0 Å². The van der Waals surface area contributed by atoms with E-state index < -0.39 is 0 Å². The Morgan fingerprint density at radius 3 is 2.33 bits per heavy atom. The third-order valence-electron chi connectivity index (χ3n) is 3.44. The first-order valence-corrected chi connectivity index (χ1v) is 6.27. The molecule has 0 heterocycles. The van der Waals surface area contributed by atoms with Gasteiger partial charge in [0.25, 0.3) is 0 Å². The second-order valence-electron chi connectivity index (χ2n) is 4.95. The van der Waals surface area contributed by atoms with Crippen LogP contribution in [0.4, 0.5) is 0 Å². The van der Waals surface area contributed by atoms with Crippen molar-refractivity contribution in [2.24, 2.45) is 11.8 Å². The molecule has 0 radical (unpaired) electrons. The SMILES string of the molecule is CCC1CCC(C(=O)COC(C)C)CC1. The van der Waals surface area contributed by atoms with E-state index in [0.29, 0.717) is 12.4 Å². The maximum Gasteiger partial charge on any atom is 0.161 e. The molecule has 88 valence electrons. The fraction of sp³-hybridized carbons (Fsp3) is 0.923. The lowest BCUT2D eigenvalue weighted by Crippen LogP contribution is -2.26. The van der Waals surface area contributed by atoms with Gasteiger partial charge in [-0.1, -0.05) is 13.3 Å². The van der Waals surface area contributed by atoms with Crippen LogP contribution in [0, 0.1) is 11.8 Å². The van der Waals surface area contributed by atoms with Crippen LogP contribution in [0.2, 0.25) is 0 Å². The van der Waals surface area contributed by atoms with Gasteiger partial charge >= 0.3 is 0 Å². The normalized spacial score (nSPS) is 26.9. The van der Waals surface area contributed by atoms with Crippen molar-refractivity contribution >= 4 is 5.78 Å². The van der Waals surface area contributed by atoms with Crippen molar-refractivity contribution in [3.8, 4) is 0 Å². The maximum absolute atomic E-state index is 11.8. The van der Waals surface area contributed by atoms with E-state index >= 15 is 0 Å². The van der Waals surface area contributed by atoms with Crippen molar-refractivity contribution in [1.29, 1.82) is 0 Å². The predicted octanol–water partition coefficient (Wildman–Crippen LogP) is 3.20. The number of hydrogen-bond donors (Lipinski definition) is 0. The summed E-state index contributed by atoms with van der Waals surface area (Å²) in [5.41, 5.74) is 0. The van der Waals surface area contributed by atoms with Gasteiger partial charge in [-0.2, -0.15) is 0 Å². The Labute approximate surface area is 93.4 Å². The van der Waals surface area contributed by atoms with E-state index in [1.165, 1.54) is 19.3 Å². The average molecular weight is 212 g/mol. The minimum absolute atomic E-state index is 0.168. The largest absolute Gasteiger partial charge is 0.371 e. The molecule has 0 amide bonds. The second kappa shape index (κ2) is 6.26. The zero-order chi connectivity index (χ0) is 11.3. The Kier molecular flexibility index (Phi) is 5.30. The number of hydrogen-bond acceptors (Lipinski definition) is 2. The van der Waals surface area contributed by atoms with Gasteiger partial charge in [-0.3, -0.25) is 4.79 Å². The molecule has 1 aliphatic rings. The van der Waals surface area contributed by atoms with Crippen molar-refractivity contribution in [3.05, 3.63) is 0 Å². The Morgan fingerprint density at radius 1 is 1.27 bits per heavy atom. The maximum atomic E-state index is 11.8. The number of carbonyl (C=O) groups excluding carboxylic acids is 1. The zero-order valence-corrected chi connectivity index (χ0v) is 10.3. The van der Waals surface area contributed by atoms with E-state index in [0.717, 1.165) is 18.8 Å². The van der Waals surface area contributed by atoms with Crippen LogP contribution in [-0.4, -0.2) is 18.5 Å². The summed E-state index contributed by atoms with van der Waals surface area (Å²) in [7, 11) is 0. The summed E-state index contributed by atoms with van der Waals surface area (Å²) in [5.74, 6) is 1.46. The second-order valence-corrected chi connectivity index (χ2v) is 4.95. The van der Waals surface area contributed by atoms with Crippen molar-refractivity contribution < 1.29 is 9.53 Å². The molecule has 0 unspecified atom stereocenters. The molecule has 2 nitrogen and oxygen atoms in total. The molecule has 0 spiro atoms. The fourth-order valence-electron chi connectivity index (χ4n) is 2.26. The monoisotopic (exact) mass is 212 g/mol. The summed E-state index contributed by atoms with van der Waals surface area (Å²) in [6.07, 6.45) is 6.06. The summed E-state index contributed by atoms with van der Waals surface area (Å²) in [6, 6.07) is 0. The van der Waals surface area contributed by atoms with Gasteiger partial charge in [-0.15, -0.1) is 0 Å². The molecule has 0 N–H and O–H groups in total. The van der Waals surface area contributed by atoms with Gasteiger partial charge in [0.05, 0.1) is 6.10 Å². The van der Waals surface area contributed by atoms with E-state index in [9.17, 15) is 4.79 Å². The van der Waals surface area contributed by atoms with Gasteiger partial charge in [0, 0.05) is 5.92 Å². The molecule has 0 atom stereocenters. The molecule has 1 aliphatic carbocycles. The van der Waals surface area contributed by atoms with Crippen molar-refractivity contribution in [3.63, 3.8) is 0 Å². The summed E-state index contributed by atoms with van der Waals surface area (Å²) in [4.78, 5) is 11.8. The van der Waals surface area contributed by atoms with E-state index in [2.05, 4.69) is 6.92 Å². The molecule has 1 fully saturated rings. The molecular formula is C13H24O2. The van der Waals surface area contributed by atoms with Gasteiger partial charge in [-0.05, 0) is 45.4 Å². The minimum Gasteiger partial charge on any atom is -0.371 e. The molecule has 0 aromatic rings. The summed E-state index contributed by atoms with van der Waals surface area (Å²) < 4.78 is 5.36. The van der Waals surface area contributed by atoms with Crippen LogP contribution in [0.3, 0.4) is 0 Å². The van der Waals surface area contributed by atoms with Crippen LogP contribution in [0.25, 0.3) is 0 Å². The fourth-order valence-corrected chi connectivity index (χ4v) is 2.26. The molecule has 0 aliphatic heterocycles. The first-order valence-electron chi connectivity index (χ1n) is 6.27. The number of Topliss-reactive ketones (excluding diaryl/α,β-unsaturated/α-hetero) is 1. The van der Waals surface area contributed by atoms with Crippen molar-refractivity contribution in [2.45, 2.75) is 59.0 Å². The third-order valence-corrected chi connectivity index (χ3v) is 3.44. The number of ether oxygens (including phenoxy) is 1. The van der Waals surface area contributed by atoms with Crippen LogP contribution in [-0.2, 0) is 9.53 Å². The van der Waals surface area contributed by atoms with Gasteiger partial charge in [0.1, 0.15) is 6.61 Å². The molecule has 2 heteroatoms. The smallest absolute Gasteiger partial charge is 0.161 e. The van der Waals surface area contributed by atoms with Crippen LogP contribution in [0.1, 0.15) is 52.9 Å². The highest BCUT2D eigenvalue weighted by molar-refractivity contribution is 5.82. The minimum atomic E-state index is 0.168. The first-order chi connectivity index (χ1) is 7.13. The van der Waals surface area contributed by atoms with Gasteiger partial charge < -0.3 is 4.74 Å².